The fourth-order valence-electron chi connectivity index (χ4n) is 1.71. The topological polar surface area (TPSA) is 46.5 Å². The maximum atomic E-state index is 10.9. The number of hydrogen-bond donors (Lipinski definition) is 1. The van der Waals surface area contributed by atoms with Gasteiger partial charge in [0.05, 0.1) is 5.56 Å². The van der Waals surface area contributed by atoms with Gasteiger partial charge in [-0.25, -0.2) is 4.79 Å². The fourth-order valence-corrected chi connectivity index (χ4v) is 1.71. The third-order valence-electron chi connectivity index (χ3n) is 2.57. The smallest absolute Gasteiger partial charge is 0.335 e. The minimum Gasteiger partial charge on any atom is -0.478 e. The summed E-state index contributed by atoms with van der Waals surface area (Å²) in [6, 6.07) is 14.0. The Morgan fingerprint density at radius 3 is 2.68 bits per heavy atom. The molecule has 19 heavy (non-hydrogen) atoms. The fraction of sp³-hybridized carbons (Fsp3) is 0.0625. The lowest BCUT2D eigenvalue weighted by molar-refractivity contribution is 0.0696. The van der Waals surface area contributed by atoms with Crippen LogP contribution in [0, 0.1) is 0 Å². The molecular formula is C16H14O3. The van der Waals surface area contributed by atoms with Gasteiger partial charge in [0.1, 0.15) is 11.5 Å². The lowest BCUT2D eigenvalue weighted by atomic mass is 10.2. The van der Waals surface area contributed by atoms with Gasteiger partial charge in [-0.2, -0.15) is 0 Å². The van der Waals surface area contributed by atoms with Gasteiger partial charge in [-0.3, -0.25) is 0 Å². The molecule has 1 N–H and O–H groups in total. The summed E-state index contributed by atoms with van der Waals surface area (Å²) in [5.74, 6) is 0.243. The van der Waals surface area contributed by atoms with Crippen molar-refractivity contribution in [2.45, 2.75) is 6.92 Å². The Morgan fingerprint density at radius 1 is 1.16 bits per heavy atom. The molecule has 0 aromatic heterocycles. The van der Waals surface area contributed by atoms with Crippen LogP contribution >= 0.6 is 0 Å². The first-order valence-corrected chi connectivity index (χ1v) is 5.93. The Hall–Kier alpha value is -2.55. The summed E-state index contributed by atoms with van der Waals surface area (Å²) in [6.45, 7) is 1.93. The zero-order valence-electron chi connectivity index (χ0n) is 10.5. The van der Waals surface area contributed by atoms with E-state index in [1.54, 1.807) is 12.1 Å². The molecule has 0 aliphatic rings. The van der Waals surface area contributed by atoms with Crippen molar-refractivity contribution in [3.8, 4) is 11.5 Å². The first-order valence-electron chi connectivity index (χ1n) is 5.93. The number of ether oxygens (including phenoxy) is 1. The van der Waals surface area contributed by atoms with Crippen molar-refractivity contribution in [3.05, 3.63) is 65.7 Å². The third-order valence-corrected chi connectivity index (χ3v) is 2.57. The van der Waals surface area contributed by atoms with E-state index in [4.69, 9.17) is 9.84 Å². The highest BCUT2D eigenvalue weighted by Crippen LogP contribution is 2.26. The van der Waals surface area contributed by atoms with Crippen LogP contribution in [0.25, 0.3) is 6.08 Å². The molecule has 0 atom stereocenters. The van der Waals surface area contributed by atoms with E-state index in [0.717, 1.165) is 5.56 Å². The number of rotatable bonds is 4. The van der Waals surface area contributed by atoms with Crippen molar-refractivity contribution >= 4 is 12.0 Å². The lowest BCUT2D eigenvalue weighted by Gasteiger charge is -2.09. The molecule has 0 aliphatic heterocycles. The third kappa shape index (κ3) is 3.22. The summed E-state index contributed by atoms with van der Waals surface area (Å²) >= 11 is 0. The summed E-state index contributed by atoms with van der Waals surface area (Å²) in [7, 11) is 0. The van der Waals surface area contributed by atoms with Crippen LogP contribution < -0.4 is 4.74 Å². The summed E-state index contributed by atoms with van der Waals surface area (Å²) in [6.07, 6.45) is 3.87. The number of carboxylic acids is 1. The maximum Gasteiger partial charge on any atom is 0.335 e. The molecule has 3 heteroatoms. The van der Waals surface area contributed by atoms with Crippen molar-refractivity contribution < 1.29 is 14.6 Å². The van der Waals surface area contributed by atoms with E-state index < -0.39 is 5.97 Å². The number of allylic oxidation sites excluding steroid dienone is 1. The molecule has 0 heterocycles. The molecule has 0 bridgehead atoms. The molecule has 0 spiro atoms. The van der Waals surface area contributed by atoms with E-state index in [0.29, 0.717) is 11.5 Å². The Morgan fingerprint density at radius 2 is 1.95 bits per heavy atom. The van der Waals surface area contributed by atoms with Gasteiger partial charge in [0, 0.05) is 5.56 Å². The van der Waals surface area contributed by atoms with Crippen LogP contribution in [0.3, 0.4) is 0 Å². The van der Waals surface area contributed by atoms with Gasteiger partial charge in [0.25, 0.3) is 0 Å². The van der Waals surface area contributed by atoms with Crippen LogP contribution in [-0.4, -0.2) is 11.1 Å². The Labute approximate surface area is 111 Å². The van der Waals surface area contributed by atoms with Crippen LogP contribution in [0.5, 0.6) is 11.5 Å². The van der Waals surface area contributed by atoms with Gasteiger partial charge in [-0.1, -0.05) is 36.4 Å². The number of carboxylic acid groups (broad SMARTS) is 1. The predicted molar refractivity (Wildman–Crippen MR) is 74.6 cm³/mol. The average Bonchev–Trinajstić information content (AvgIpc) is 2.41. The second-order valence-corrected chi connectivity index (χ2v) is 3.97. The zero-order chi connectivity index (χ0) is 13.7. The van der Waals surface area contributed by atoms with Crippen molar-refractivity contribution in [3.63, 3.8) is 0 Å². The molecule has 0 fully saturated rings. The monoisotopic (exact) mass is 254 g/mol. The highest BCUT2D eigenvalue weighted by atomic mass is 16.5. The van der Waals surface area contributed by atoms with Crippen molar-refractivity contribution in [1.82, 2.24) is 0 Å². The molecule has 96 valence electrons. The molecule has 2 aromatic rings. The van der Waals surface area contributed by atoms with Gasteiger partial charge in [-0.15, -0.1) is 0 Å². The Balaban J connectivity index is 2.31. The molecule has 3 nitrogen and oxygen atoms in total. The summed E-state index contributed by atoms with van der Waals surface area (Å²) < 4.78 is 5.74. The van der Waals surface area contributed by atoms with Crippen molar-refractivity contribution in [1.29, 1.82) is 0 Å². The molecular weight excluding hydrogens is 240 g/mol. The number of benzene rings is 2. The molecule has 2 rings (SSSR count). The van der Waals surface area contributed by atoms with Gasteiger partial charge in [-0.05, 0) is 31.2 Å². The number of hydrogen-bond acceptors (Lipinski definition) is 2. The van der Waals surface area contributed by atoms with Crippen molar-refractivity contribution in [2.75, 3.05) is 0 Å². The summed E-state index contributed by atoms with van der Waals surface area (Å²) in [5.41, 5.74) is 1.16. The zero-order valence-corrected chi connectivity index (χ0v) is 10.5. The predicted octanol–water partition coefficient (Wildman–Crippen LogP) is 4.21. The highest BCUT2D eigenvalue weighted by molar-refractivity contribution is 5.88. The second-order valence-electron chi connectivity index (χ2n) is 3.97. The van der Waals surface area contributed by atoms with E-state index in [1.807, 2.05) is 43.3 Å². The first-order chi connectivity index (χ1) is 9.20. The van der Waals surface area contributed by atoms with E-state index in [1.165, 1.54) is 12.1 Å². The molecule has 2 aromatic carbocycles. The summed E-state index contributed by atoms with van der Waals surface area (Å²) in [5, 5.41) is 8.95. The van der Waals surface area contributed by atoms with Crippen molar-refractivity contribution in [2.24, 2.45) is 0 Å². The first kappa shape index (κ1) is 12.9. The second kappa shape index (κ2) is 5.87. The van der Waals surface area contributed by atoms with Crippen LogP contribution in [0.4, 0.5) is 0 Å². The molecule has 0 saturated heterocycles. The van der Waals surface area contributed by atoms with Gasteiger partial charge >= 0.3 is 5.97 Å². The highest BCUT2D eigenvalue weighted by Gasteiger charge is 2.06. The van der Waals surface area contributed by atoms with Crippen LogP contribution in [-0.2, 0) is 0 Å². The minimum absolute atomic E-state index is 0.209. The molecule has 0 unspecified atom stereocenters. The van der Waals surface area contributed by atoms with E-state index in [9.17, 15) is 4.79 Å². The number of aromatic carboxylic acids is 1. The minimum atomic E-state index is -0.966. The SMILES string of the molecule is C/C=C/c1ccccc1Oc1cccc(C(=O)O)c1. The van der Waals surface area contributed by atoms with Crippen LogP contribution in [0.1, 0.15) is 22.8 Å². The molecule has 0 aliphatic carbocycles. The summed E-state index contributed by atoms with van der Waals surface area (Å²) in [4.78, 5) is 10.9. The molecule has 0 saturated carbocycles. The van der Waals surface area contributed by atoms with Crippen LogP contribution in [0.15, 0.2) is 54.6 Å². The number of carbonyl (C=O) groups is 1. The largest absolute Gasteiger partial charge is 0.478 e. The van der Waals surface area contributed by atoms with E-state index >= 15 is 0 Å². The molecule has 0 radical (unpaired) electrons. The van der Waals surface area contributed by atoms with Crippen LogP contribution in [0.2, 0.25) is 0 Å². The van der Waals surface area contributed by atoms with Gasteiger partial charge in [0.2, 0.25) is 0 Å². The number of para-hydroxylation sites is 1. The normalized spacial score (nSPS) is 10.6. The maximum absolute atomic E-state index is 10.9. The quantitative estimate of drug-likeness (QED) is 0.888. The Bertz CT molecular complexity index is 615. The van der Waals surface area contributed by atoms with E-state index in [-0.39, 0.29) is 5.56 Å². The standard InChI is InChI=1S/C16H14O3/c1-2-6-12-7-3-4-10-15(12)19-14-9-5-8-13(11-14)16(17)18/h2-11H,1H3,(H,17,18)/b6-2+. The van der Waals surface area contributed by atoms with Gasteiger partial charge in [0.15, 0.2) is 0 Å². The Kier molecular flexibility index (Phi) is 3.98. The molecule has 0 amide bonds. The van der Waals surface area contributed by atoms with E-state index in [2.05, 4.69) is 0 Å². The average molecular weight is 254 g/mol. The van der Waals surface area contributed by atoms with Gasteiger partial charge < -0.3 is 9.84 Å². The lowest BCUT2D eigenvalue weighted by Crippen LogP contribution is -1.96.